The van der Waals surface area contributed by atoms with Crippen molar-refractivity contribution < 1.29 is 34.3 Å². The average Bonchev–Trinajstić information content (AvgIpc) is 2.74. The van der Waals surface area contributed by atoms with Crippen LogP contribution < -0.4 is 0 Å². The molecule has 2 saturated carbocycles. The van der Waals surface area contributed by atoms with Crippen molar-refractivity contribution in [1.82, 2.24) is 0 Å². The highest BCUT2D eigenvalue weighted by Gasteiger charge is 2.52. The Hall–Kier alpha value is -1.25. The first kappa shape index (κ1) is 27.3. The number of carbonyl (C=O) groups excluding carboxylic acids is 1. The lowest BCUT2D eigenvalue weighted by molar-refractivity contribution is -0.300. The molecule has 0 aromatic rings. The number of aliphatic hydroxyl groups excluding tert-OH is 2. The number of rotatable bonds is 6. The Balaban J connectivity index is 1.73. The summed E-state index contributed by atoms with van der Waals surface area (Å²) in [4.78, 5) is 11.6. The molecular formula is C27H44O7. The van der Waals surface area contributed by atoms with E-state index in [1.54, 1.807) is 13.8 Å². The van der Waals surface area contributed by atoms with Crippen molar-refractivity contribution in [2.75, 3.05) is 6.61 Å². The predicted molar refractivity (Wildman–Crippen MR) is 129 cm³/mol. The summed E-state index contributed by atoms with van der Waals surface area (Å²) in [5.74, 6) is 0.811. The highest BCUT2D eigenvalue weighted by atomic mass is 16.7. The van der Waals surface area contributed by atoms with Gasteiger partial charge in [0.25, 0.3) is 0 Å². The molecule has 1 aliphatic heterocycles. The van der Waals surface area contributed by atoms with E-state index < -0.39 is 36.2 Å². The maximum atomic E-state index is 11.6. The molecule has 4 unspecified atom stereocenters. The second-order valence-corrected chi connectivity index (χ2v) is 11.5. The Labute approximate surface area is 204 Å². The van der Waals surface area contributed by atoms with Gasteiger partial charge in [-0.25, -0.2) is 0 Å². The highest BCUT2D eigenvalue weighted by Crippen LogP contribution is 2.56. The van der Waals surface area contributed by atoms with E-state index in [0.29, 0.717) is 17.8 Å². The molecule has 7 heteroatoms. The summed E-state index contributed by atoms with van der Waals surface area (Å²) < 4.78 is 17.4. The smallest absolute Gasteiger partial charge is 0.303 e. The number of hydrogen-bond donors (Lipinski definition) is 3. The highest BCUT2D eigenvalue weighted by molar-refractivity contribution is 5.66. The van der Waals surface area contributed by atoms with E-state index in [2.05, 4.69) is 26.8 Å². The van der Waals surface area contributed by atoms with Crippen LogP contribution in [0.2, 0.25) is 0 Å². The molecule has 2 aliphatic carbocycles. The molecule has 194 valence electrons. The van der Waals surface area contributed by atoms with Crippen LogP contribution >= 0.6 is 0 Å². The predicted octanol–water partition coefficient (Wildman–Crippen LogP) is 3.51. The van der Waals surface area contributed by atoms with Gasteiger partial charge in [0, 0.05) is 6.92 Å². The number of esters is 1. The maximum Gasteiger partial charge on any atom is 0.303 e. The van der Waals surface area contributed by atoms with E-state index in [-0.39, 0.29) is 18.1 Å². The zero-order valence-corrected chi connectivity index (χ0v) is 21.6. The number of allylic oxidation sites excluding steroid dienone is 3. The Morgan fingerprint density at radius 3 is 2.50 bits per heavy atom. The van der Waals surface area contributed by atoms with Gasteiger partial charge in [-0.15, -0.1) is 0 Å². The molecule has 7 nitrogen and oxygen atoms in total. The van der Waals surface area contributed by atoms with E-state index >= 15 is 0 Å². The molecule has 0 spiro atoms. The molecule has 0 amide bonds. The Morgan fingerprint density at radius 2 is 1.85 bits per heavy atom. The maximum absolute atomic E-state index is 11.6. The van der Waals surface area contributed by atoms with Crippen molar-refractivity contribution in [2.24, 2.45) is 23.2 Å². The SMILES string of the molecule is CC(=O)OC1C(O[C@@H]2CC[C@@H](C)[C@]3(C)C[C@H](/C(C)=C/C=C/C(C)(C)O)CC[C@@H]23)OCC(O)C1O. The fourth-order valence-corrected chi connectivity index (χ4v) is 6.11. The first-order chi connectivity index (χ1) is 15.8. The molecule has 0 aromatic carbocycles. The van der Waals surface area contributed by atoms with Gasteiger partial charge in [-0.3, -0.25) is 4.79 Å². The number of hydrogen-bond acceptors (Lipinski definition) is 7. The van der Waals surface area contributed by atoms with Crippen LogP contribution in [0.15, 0.2) is 23.8 Å². The van der Waals surface area contributed by atoms with Crippen LogP contribution in [0.5, 0.6) is 0 Å². The van der Waals surface area contributed by atoms with E-state index in [0.717, 1.165) is 32.1 Å². The van der Waals surface area contributed by atoms with Crippen LogP contribution in [0.3, 0.4) is 0 Å². The molecule has 0 bridgehead atoms. The number of aliphatic hydroxyl groups is 3. The molecule has 3 N–H and O–H groups in total. The number of ether oxygens (including phenoxy) is 3. The van der Waals surface area contributed by atoms with Crippen LogP contribution in [0.1, 0.15) is 73.6 Å². The minimum atomic E-state index is -1.24. The summed E-state index contributed by atoms with van der Waals surface area (Å²) in [6.07, 6.45) is 6.60. The monoisotopic (exact) mass is 480 g/mol. The van der Waals surface area contributed by atoms with Gasteiger partial charge in [-0.1, -0.05) is 37.6 Å². The van der Waals surface area contributed by atoms with Crippen molar-refractivity contribution in [3.05, 3.63) is 23.8 Å². The third-order valence-corrected chi connectivity index (χ3v) is 8.37. The molecule has 1 saturated heterocycles. The molecule has 3 rings (SSSR count). The minimum absolute atomic E-state index is 0.0567. The van der Waals surface area contributed by atoms with Crippen molar-refractivity contribution in [3.8, 4) is 0 Å². The van der Waals surface area contributed by atoms with Gasteiger partial charge in [-0.05, 0) is 76.0 Å². The fraction of sp³-hybridized carbons (Fsp3) is 0.815. The van der Waals surface area contributed by atoms with Crippen molar-refractivity contribution in [2.45, 2.75) is 110 Å². The standard InChI is InChI=1S/C27H44O7/c1-16(8-7-13-26(4,5)31)19-10-11-20-22(12-9-17(2)27(20,6)14-19)34-25-24(33-18(3)28)23(30)21(29)15-32-25/h7-8,13,17,19-25,29-31H,9-12,14-15H2,1-6H3/b13-7+,16-8+/t17-,19-,20+,21?,22-,23?,24?,25?,27+/m1/s1. The Bertz CT molecular complexity index is 769. The van der Waals surface area contributed by atoms with Gasteiger partial charge in [0.15, 0.2) is 12.4 Å². The Kier molecular flexibility index (Phi) is 8.68. The van der Waals surface area contributed by atoms with Crippen LogP contribution in [0, 0.1) is 23.2 Å². The van der Waals surface area contributed by atoms with Gasteiger partial charge >= 0.3 is 5.97 Å². The first-order valence-electron chi connectivity index (χ1n) is 12.7. The lowest BCUT2D eigenvalue weighted by atomic mass is 9.52. The topological polar surface area (TPSA) is 105 Å². The summed E-state index contributed by atoms with van der Waals surface area (Å²) in [7, 11) is 0. The molecule has 0 aromatic heterocycles. The van der Waals surface area contributed by atoms with Crippen molar-refractivity contribution in [1.29, 1.82) is 0 Å². The summed E-state index contributed by atoms with van der Waals surface area (Å²) in [6, 6.07) is 0. The van der Waals surface area contributed by atoms with E-state index in [1.807, 2.05) is 12.2 Å². The van der Waals surface area contributed by atoms with Gasteiger partial charge in [0.2, 0.25) is 0 Å². The van der Waals surface area contributed by atoms with Crippen LogP contribution in [-0.4, -0.2) is 64.2 Å². The quantitative estimate of drug-likeness (QED) is 0.395. The minimum Gasteiger partial charge on any atom is -0.454 e. The molecule has 3 fully saturated rings. The molecule has 9 atom stereocenters. The van der Waals surface area contributed by atoms with E-state index in [1.165, 1.54) is 12.5 Å². The molecule has 1 heterocycles. The summed E-state index contributed by atoms with van der Waals surface area (Å²) in [6.45, 7) is 11.6. The van der Waals surface area contributed by atoms with Crippen LogP contribution in [0.4, 0.5) is 0 Å². The lowest BCUT2D eigenvalue weighted by Gasteiger charge is -2.55. The second kappa shape index (κ2) is 10.8. The molecule has 34 heavy (non-hydrogen) atoms. The zero-order valence-electron chi connectivity index (χ0n) is 21.6. The second-order valence-electron chi connectivity index (χ2n) is 11.5. The first-order valence-corrected chi connectivity index (χ1v) is 12.7. The van der Waals surface area contributed by atoms with Crippen LogP contribution in [0.25, 0.3) is 0 Å². The third-order valence-electron chi connectivity index (χ3n) is 8.37. The third kappa shape index (κ3) is 6.30. The largest absolute Gasteiger partial charge is 0.454 e. The normalized spacial score (nSPS) is 41.9. The molecule has 3 aliphatic rings. The summed E-state index contributed by atoms with van der Waals surface area (Å²) >= 11 is 0. The van der Waals surface area contributed by atoms with E-state index in [9.17, 15) is 20.1 Å². The van der Waals surface area contributed by atoms with Crippen molar-refractivity contribution in [3.63, 3.8) is 0 Å². The number of carbonyl (C=O) groups is 1. The Morgan fingerprint density at radius 1 is 1.15 bits per heavy atom. The van der Waals surface area contributed by atoms with Gasteiger partial charge in [0.05, 0.1) is 18.3 Å². The zero-order chi connectivity index (χ0) is 25.3. The van der Waals surface area contributed by atoms with Gasteiger partial charge in [-0.2, -0.15) is 0 Å². The summed E-state index contributed by atoms with van der Waals surface area (Å²) in [5, 5.41) is 30.3. The fourth-order valence-electron chi connectivity index (χ4n) is 6.11. The van der Waals surface area contributed by atoms with Crippen molar-refractivity contribution >= 4 is 5.97 Å². The molecular weight excluding hydrogens is 436 g/mol. The van der Waals surface area contributed by atoms with E-state index in [4.69, 9.17) is 14.2 Å². The molecule has 0 radical (unpaired) electrons. The van der Waals surface area contributed by atoms with Crippen LogP contribution in [-0.2, 0) is 19.0 Å². The lowest BCUT2D eigenvalue weighted by Crippen LogP contribution is -2.58. The average molecular weight is 481 g/mol. The number of fused-ring (bicyclic) bond motifs is 1. The van der Waals surface area contributed by atoms with Gasteiger partial charge < -0.3 is 29.5 Å². The van der Waals surface area contributed by atoms with Gasteiger partial charge in [0.1, 0.15) is 12.2 Å². The summed E-state index contributed by atoms with van der Waals surface area (Å²) in [5.41, 5.74) is 0.598.